The summed E-state index contributed by atoms with van der Waals surface area (Å²) in [5.74, 6) is -0.317. The van der Waals surface area contributed by atoms with E-state index >= 15 is 0 Å². The molecule has 4 rings (SSSR count). The number of carbonyl (C=O) groups is 2. The molecule has 2 N–H and O–H groups in total. The lowest BCUT2D eigenvalue weighted by Gasteiger charge is -2.23. The number of hydrogen-bond acceptors (Lipinski definition) is 4. The van der Waals surface area contributed by atoms with E-state index in [-0.39, 0.29) is 18.2 Å². The van der Waals surface area contributed by atoms with Crippen molar-refractivity contribution < 1.29 is 14.7 Å². The highest BCUT2D eigenvalue weighted by molar-refractivity contribution is 9.10. The third-order valence-corrected chi connectivity index (χ3v) is 7.16. The van der Waals surface area contributed by atoms with Gasteiger partial charge in [0.1, 0.15) is 5.82 Å². The summed E-state index contributed by atoms with van der Waals surface area (Å²) >= 11 is 3.53. The SMILES string of the molecule is C=Cc1ccccc1[C@@H](CCC(=O)O)CNC(=O)c1c(C)c(N2CCCC2)nc2ccc(Br)cc12. The molecule has 182 valence electrons. The van der Waals surface area contributed by atoms with Crippen LogP contribution in [0.2, 0.25) is 0 Å². The predicted molar refractivity (Wildman–Crippen MR) is 144 cm³/mol. The fourth-order valence-corrected chi connectivity index (χ4v) is 5.25. The first kappa shape index (κ1) is 24.9. The Bertz CT molecular complexity index is 1270. The Morgan fingerprint density at radius 3 is 2.69 bits per heavy atom. The van der Waals surface area contributed by atoms with E-state index in [0.29, 0.717) is 18.5 Å². The number of carboxylic acid groups (broad SMARTS) is 1. The minimum absolute atomic E-state index is 0.0231. The van der Waals surface area contributed by atoms with Gasteiger partial charge in [0.15, 0.2) is 0 Å². The van der Waals surface area contributed by atoms with E-state index in [4.69, 9.17) is 4.98 Å². The molecule has 7 heteroatoms. The Morgan fingerprint density at radius 2 is 1.97 bits per heavy atom. The van der Waals surface area contributed by atoms with Crippen molar-refractivity contribution in [3.8, 4) is 0 Å². The number of anilines is 1. The van der Waals surface area contributed by atoms with Crippen LogP contribution in [0.25, 0.3) is 17.0 Å². The van der Waals surface area contributed by atoms with Crippen LogP contribution in [-0.2, 0) is 4.79 Å². The summed E-state index contributed by atoms with van der Waals surface area (Å²) < 4.78 is 0.883. The Hall–Kier alpha value is -3.19. The molecule has 0 aliphatic carbocycles. The summed E-state index contributed by atoms with van der Waals surface area (Å²) in [6, 6.07) is 13.6. The number of hydrogen-bond donors (Lipinski definition) is 2. The first-order valence-electron chi connectivity index (χ1n) is 11.9. The molecule has 1 aliphatic rings. The molecule has 1 amide bonds. The lowest BCUT2D eigenvalue weighted by Crippen LogP contribution is -2.30. The highest BCUT2D eigenvalue weighted by Gasteiger charge is 2.24. The number of nitrogens with zero attached hydrogens (tertiary/aromatic N) is 2. The molecule has 1 aromatic heterocycles. The van der Waals surface area contributed by atoms with Crippen molar-refractivity contribution in [2.45, 2.75) is 38.5 Å². The minimum atomic E-state index is -0.853. The molecule has 1 saturated heterocycles. The molecule has 1 atom stereocenters. The average molecular weight is 536 g/mol. The smallest absolute Gasteiger partial charge is 0.303 e. The van der Waals surface area contributed by atoms with Gasteiger partial charge in [-0.1, -0.05) is 52.9 Å². The topological polar surface area (TPSA) is 82.5 Å². The Labute approximate surface area is 214 Å². The van der Waals surface area contributed by atoms with Crippen molar-refractivity contribution >= 4 is 50.6 Å². The fraction of sp³-hybridized carbons (Fsp3) is 0.321. The van der Waals surface area contributed by atoms with Gasteiger partial charge >= 0.3 is 5.97 Å². The van der Waals surface area contributed by atoms with Crippen molar-refractivity contribution in [2.24, 2.45) is 0 Å². The van der Waals surface area contributed by atoms with Crippen LogP contribution in [0.1, 0.15) is 58.6 Å². The third-order valence-electron chi connectivity index (χ3n) is 6.67. The third kappa shape index (κ3) is 5.56. The van der Waals surface area contributed by atoms with Crippen LogP contribution in [0.4, 0.5) is 5.82 Å². The minimum Gasteiger partial charge on any atom is -0.481 e. The summed E-state index contributed by atoms with van der Waals surface area (Å²) in [4.78, 5) is 32.1. The van der Waals surface area contributed by atoms with Gasteiger partial charge in [0, 0.05) is 47.4 Å². The maximum Gasteiger partial charge on any atom is 0.303 e. The number of aliphatic carboxylic acids is 1. The van der Waals surface area contributed by atoms with E-state index in [2.05, 4.69) is 32.7 Å². The molecule has 0 spiro atoms. The summed E-state index contributed by atoms with van der Waals surface area (Å²) in [5, 5.41) is 13.2. The molecule has 6 nitrogen and oxygen atoms in total. The van der Waals surface area contributed by atoms with Crippen LogP contribution < -0.4 is 10.2 Å². The van der Waals surface area contributed by atoms with Gasteiger partial charge in [-0.2, -0.15) is 0 Å². The van der Waals surface area contributed by atoms with E-state index in [0.717, 1.165) is 63.8 Å². The second-order valence-corrected chi connectivity index (χ2v) is 9.88. The highest BCUT2D eigenvalue weighted by atomic mass is 79.9. The molecular weight excluding hydrogens is 506 g/mol. The fourth-order valence-electron chi connectivity index (χ4n) is 4.89. The van der Waals surface area contributed by atoms with Gasteiger partial charge in [-0.05, 0) is 55.5 Å². The highest BCUT2D eigenvalue weighted by Crippen LogP contribution is 2.32. The summed E-state index contributed by atoms with van der Waals surface area (Å²) in [5.41, 5.74) is 4.20. The molecule has 3 aromatic rings. The number of halogens is 1. The Morgan fingerprint density at radius 1 is 1.23 bits per heavy atom. The zero-order chi connectivity index (χ0) is 24.9. The number of benzene rings is 2. The van der Waals surface area contributed by atoms with Crippen LogP contribution in [-0.4, -0.2) is 41.6 Å². The second-order valence-electron chi connectivity index (χ2n) is 8.96. The first-order chi connectivity index (χ1) is 16.9. The molecule has 0 bridgehead atoms. The van der Waals surface area contributed by atoms with Gasteiger partial charge in [-0.25, -0.2) is 4.98 Å². The number of carboxylic acids is 1. The zero-order valence-electron chi connectivity index (χ0n) is 19.9. The van der Waals surface area contributed by atoms with Crippen LogP contribution in [0.5, 0.6) is 0 Å². The Kier molecular flexibility index (Phi) is 7.86. The van der Waals surface area contributed by atoms with E-state index in [1.54, 1.807) is 6.08 Å². The van der Waals surface area contributed by atoms with E-state index in [1.165, 1.54) is 0 Å². The molecule has 2 heterocycles. The van der Waals surface area contributed by atoms with Crippen LogP contribution in [0, 0.1) is 6.92 Å². The van der Waals surface area contributed by atoms with E-state index < -0.39 is 5.97 Å². The zero-order valence-corrected chi connectivity index (χ0v) is 21.5. The van der Waals surface area contributed by atoms with Crippen molar-refractivity contribution in [1.82, 2.24) is 10.3 Å². The van der Waals surface area contributed by atoms with Crippen molar-refractivity contribution in [3.63, 3.8) is 0 Å². The number of amides is 1. The number of fused-ring (bicyclic) bond motifs is 1. The maximum absolute atomic E-state index is 13.7. The molecule has 35 heavy (non-hydrogen) atoms. The summed E-state index contributed by atoms with van der Waals surface area (Å²) in [6.07, 6.45) is 4.45. The normalized spacial score (nSPS) is 14.2. The summed E-state index contributed by atoms with van der Waals surface area (Å²) in [6.45, 7) is 8.06. The van der Waals surface area contributed by atoms with Crippen LogP contribution >= 0.6 is 15.9 Å². The van der Waals surface area contributed by atoms with Crippen LogP contribution in [0.3, 0.4) is 0 Å². The Balaban J connectivity index is 1.68. The number of carbonyl (C=O) groups excluding carboxylic acids is 1. The second kappa shape index (κ2) is 11.0. The van der Waals surface area contributed by atoms with Gasteiger partial charge < -0.3 is 15.3 Å². The number of rotatable bonds is 9. The quantitative estimate of drug-likeness (QED) is 0.355. The molecular formula is C28H30BrN3O3. The van der Waals surface area contributed by atoms with Crippen molar-refractivity contribution in [1.29, 1.82) is 0 Å². The molecule has 0 saturated carbocycles. The standard InChI is InChI=1S/C28H30BrN3O3/c1-3-19-8-4-5-9-22(19)20(10-13-25(33)34)17-30-28(35)26-18(2)27(32-14-6-7-15-32)31-24-12-11-21(29)16-23(24)26/h3-5,8-9,11-12,16,20H,1,6-7,10,13-15,17H2,2H3,(H,30,35)(H,33,34)/t20-/m0/s1. The van der Waals surface area contributed by atoms with Gasteiger partial charge in [0.05, 0.1) is 11.1 Å². The van der Waals surface area contributed by atoms with E-state index in [1.807, 2.05) is 49.4 Å². The van der Waals surface area contributed by atoms with E-state index in [9.17, 15) is 14.7 Å². The molecule has 1 fully saturated rings. The molecule has 1 aliphatic heterocycles. The number of pyridine rings is 1. The van der Waals surface area contributed by atoms with Crippen molar-refractivity contribution in [2.75, 3.05) is 24.5 Å². The number of nitrogens with one attached hydrogen (secondary N) is 1. The maximum atomic E-state index is 13.7. The van der Waals surface area contributed by atoms with Gasteiger partial charge in [0.2, 0.25) is 0 Å². The van der Waals surface area contributed by atoms with Gasteiger partial charge in [-0.15, -0.1) is 0 Å². The molecule has 0 radical (unpaired) electrons. The van der Waals surface area contributed by atoms with Gasteiger partial charge in [0.25, 0.3) is 5.91 Å². The lowest BCUT2D eigenvalue weighted by molar-refractivity contribution is -0.137. The largest absolute Gasteiger partial charge is 0.481 e. The monoisotopic (exact) mass is 535 g/mol. The average Bonchev–Trinajstić information content (AvgIpc) is 3.38. The lowest BCUT2D eigenvalue weighted by atomic mass is 9.90. The van der Waals surface area contributed by atoms with Crippen LogP contribution in [0.15, 0.2) is 53.5 Å². The predicted octanol–water partition coefficient (Wildman–Crippen LogP) is 5.93. The van der Waals surface area contributed by atoms with Crippen molar-refractivity contribution in [3.05, 3.63) is 75.8 Å². The summed E-state index contributed by atoms with van der Waals surface area (Å²) in [7, 11) is 0. The first-order valence-corrected chi connectivity index (χ1v) is 12.7. The molecule has 2 aromatic carbocycles. The van der Waals surface area contributed by atoms with Gasteiger partial charge in [-0.3, -0.25) is 9.59 Å². The molecule has 0 unspecified atom stereocenters. The number of aromatic nitrogens is 1.